The summed E-state index contributed by atoms with van der Waals surface area (Å²) in [7, 11) is 0. The SMILES string of the molecule is CC/C=C\C/C=C\C/C=C\C/C=C\C/C=C\C/C=C\CCC(=O)OC(COC(=O)CCCCCCC/C=C\CCC)COC(=O)CCCCCCCCCCCCCCCCCCCCCC/C=C\C/C=C\C/C=C\C/C=C\CC. The van der Waals surface area contributed by atoms with E-state index >= 15 is 0 Å². The fourth-order valence-corrected chi connectivity index (χ4v) is 8.99. The van der Waals surface area contributed by atoms with Gasteiger partial charge in [-0.25, -0.2) is 0 Å². The van der Waals surface area contributed by atoms with Crippen LogP contribution in [-0.4, -0.2) is 37.2 Å². The predicted octanol–water partition coefficient (Wildman–Crippen LogP) is 22.9. The first-order valence-corrected chi connectivity index (χ1v) is 33.2. The molecule has 0 aromatic rings. The third kappa shape index (κ3) is 64.4. The standard InChI is InChI=1S/C74H122O6/c1-4-7-10-13-16-19-22-24-26-28-30-31-32-33-34-35-36-37-38-39-40-41-42-43-45-46-48-50-52-55-58-61-64-67-73(76)79-70-71(69-78-72(75)66-63-60-57-54-21-18-15-12-9-6-3)80-74(77)68-65-62-59-56-53-51-49-47-44-29-27-25-23-20-17-14-11-8-5-2/h7-8,10-12,15-17,19-20,24-27,30-31,44,47,51,53,59,62,71H,4-6,9,13-14,18,21-23,28-29,32-43,45-46,48-50,52,54-58,60-61,63-70H2,1-3H3/b10-7-,11-8-,15-12-,19-16-,20-17-,26-24-,27-25-,31-30-,47-44-,53-51-,62-59-. The van der Waals surface area contributed by atoms with Gasteiger partial charge in [0.25, 0.3) is 0 Å². The Balaban J connectivity index is 4.19. The Morgan fingerprint density at radius 1 is 0.263 bits per heavy atom. The fraction of sp³-hybridized carbons (Fsp3) is 0.662. The van der Waals surface area contributed by atoms with E-state index in [-0.39, 0.29) is 31.6 Å². The molecule has 0 amide bonds. The van der Waals surface area contributed by atoms with Gasteiger partial charge in [0, 0.05) is 19.3 Å². The van der Waals surface area contributed by atoms with E-state index in [0.29, 0.717) is 19.3 Å². The van der Waals surface area contributed by atoms with Crippen molar-refractivity contribution in [3.63, 3.8) is 0 Å². The zero-order valence-electron chi connectivity index (χ0n) is 52.0. The van der Waals surface area contributed by atoms with Gasteiger partial charge in [0.15, 0.2) is 6.10 Å². The van der Waals surface area contributed by atoms with E-state index < -0.39 is 12.1 Å². The van der Waals surface area contributed by atoms with Gasteiger partial charge in [0.05, 0.1) is 0 Å². The molecule has 0 spiro atoms. The fourth-order valence-electron chi connectivity index (χ4n) is 8.99. The summed E-state index contributed by atoms with van der Waals surface area (Å²) in [6.07, 6.45) is 95.1. The summed E-state index contributed by atoms with van der Waals surface area (Å²) < 4.78 is 16.8. The molecule has 80 heavy (non-hydrogen) atoms. The third-order valence-electron chi connectivity index (χ3n) is 13.9. The van der Waals surface area contributed by atoms with Crippen LogP contribution >= 0.6 is 0 Å². The molecule has 0 aliphatic heterocycles. The minimum Gasteiger partial charge on any atom is -0.462 e. The third-order valence-corrected chi connectivity index (χ3v) is 13.9. The van der Waals surface area contributed by atoms with E-state index in [2.05, 4.69) is 148 Å². The summed E-state index contributed by atoms with van der Waals surface area (Å²) in [6.45, 7) is 6.29. The van der Waals surface area contributed by atoms with Gasteiger partial charge in [-0.2, -0.15) is 0 Å². The highest BCUT2D eigenvalue weighted by Crippen LogP contribution is 2.17. The van der Waals surface area contributed by atoms with E-state index in [0.717, 1.165) is 122 Å². The molecule has 6 heteroatoms. The maximum atomic E-state index is 12.8. The lowest BCUT2D eigenvalue weighted by molar-refractivity contribution is -0.166. The second-order valence-corrected chi connectivity index (χ2v) is 21.6. The van der Waals surface area contributed by atoms with E-state index in [1.54, 1.807) is 0 Å². The first-order chi connectivity index (χ1) is 39.5. The van der Waals surface area contributed by atoms with Crippen molar-refractivity contribution in [2.75, 3.05) is 13.2 Å². The molecule has 0 N–H and O–H groups in total. The highest BCUT2D eigenvalue weighted by atomic mass is 16.6. The highest BCUT2D eigenvalue weighted by Gasteiger charge is 2.19. The number of esters is 3. The zero-order valence-corrected chi connectivity index (χ0v) is 52.0. The molecular formula is C74H122O6. The number of rotatable bonds is 59. The topological polar surface area (TPSA) is 78.9 Å². The Kier molecular flexibility index (Phi) is 63.3. The van der Waals surface area contributed by atoms with Gasteiger partial charge >= 0.3 is 17.9 Å². The molecule has 0 aliphatic rings. The number of allylic oxidation sites excluding steroid dienone is 22. The monoisotopic (exact) mass is 1110 g/mol. The molecule has 0 fully saturated rings. The molecule has 454 valence electrons. The van der Waals surface area contributed by atoms with Crippen molar-refractivity contribution in [2.24, 2.45) is 0 Å². The van der Waals surface area contributed by atoms with Crippen LogP contribution in [0.2, 0.25) is 0 Å². The van der Waals surface area contributed by atoms with Crippen molar-refractivity contribution in [2.45, 2.75) is 303 Å². The van der Waals surface area contributed by atoms with Gasteiger partial charge in [-0.1, -0.05) is 296 Å². The smallest absolute Gasteiger partial charge is 0.306 e. The summed E-state index contributed by atoms with van der Waals surface area (Å²) in [4.78, 5) is 38.2. The summed E-state index contributed by atoms with van der Waals surface area (Å²) in [5, 5.41) is 0. The number of carbonyl (C=O) groups is 3. The van der Waals surface area contributed by atoms with E-state index in [1.807, 2.05) is 6.08 Å². The van der Waals surface area contributed by atoms with Crippen molar-refractivity contribution in [1.29, 1.82) is 0 Å². The number of carbonyl (C=O) groups excluding carboxylic acids is 3. The summed E-state index contributed by atoms with van der Waals surface area (Å²) in [6, 6.07) is 0. The van der Waals surface area contributed by atoms with Crippen LogP contribution in [-0.2, 0) is 28.6 Å². The van der Waals surface area contributed by atoms with Gasteiger partial charge in [0.1, 0.15) is 13.2 Å². The lowest BCUT2D eigenvalue weighted by Gasteiger charge is -2.18. The van der Waals surface area contributed by atoms with Crippen LogP contribution in [0.1, 0.15) is 297 Å². The maximum absolute atomic E-state index is 12.8. The van der Waals surface area contributed by atoms with Crippen molar-refractivity contribution in [3.05, 3.63) is 134 Å². The quantitative estimate of drug-likeness (QED) is 0.0261. The van der Waals surface area contributed by atoms with Crippen molar-refractivity contribution >= 4 is 17.9 Å². The lowest BCUT2D eigenvalue weighted by Crippen LogP contribution is -2.30. The van der Waals surface area contributed by atoms with Gasteiger partial charge in [-0.05, 0) is 116 Å². The molecule has 0 aliphatic carbocycles. The second-order valence-electron chi connectivity index (χ2n) is 21.6. The lowest BCUT2D eigenvalue weighted by atomic mass is 10.0. The molecule has 0 radical (unpaired) electrons. The Bertz CT molecular complexity index is 1700. The zero-order chi connectivity index (χ0) is 57.8. The molecule has 0 saturated heterocycles. The van der Waals surface area contributed by atoms with Crippen molar-refractivity contribution in [1.82, 2.24) is 0 Å². The molecule has 0 heterocycles. The summed E-state index contributed by atoms with van der Waals surface area (Å²) >= 11 is 0. The van der Waals surface area contributed by atoms with Gasteiger partial charge < -0.3 is 14.2 Å². The summed E-state index contributed by atoms with van der Waals surface area (Å²) in [5.41, 5.74) is 0. The van der Waals surface area contributed by atoms with Crippen LogP contribution in [0, 0.1) is 0 Å². The highest BCUT2D eigenvalue weighted by molar-refractivity contribution is 5.71. The Labute approximate surface area is 494 Å². The van der Waals surface area contributed by atoms with Crippen LogP contribution < -0.4 is 0 Å². The van der Waals surface area contributed by atoms with Crippen LogP contribution in [0.3, 0.4) is 0 Å². The van der Waals surface area contributed by atoms with Crippen LogP contribution in [0.25, 0.3) is 0 Å². The Morgan fingerprint density at radius 2 is 0.512 bits per heavy atom. The minimum atomic E-state index is -0.824. The van der Waals surface area contributed by atoms with Gasteiger partial charge in [-0.15, -0.1) is 0 Å². The van der Waals surface area contributed by atoms with Crippen molar-refractivity contribution in [3.8, 4) is 0 Å². The molecule has 6 nitrogen and oxygen atoms in total. The number of ether oxygens (including phenoxy) is 3. The number of unbranched alkanes of at least 4 members (excludes halogenated alkanes) is 26. The number of hydrogen-bond donors (Lipinski definition) is 0. The first kappa shape index (κ1) is 75.5. The van der Waals surface area contributed by atoms with E-state index in [9.17, 15) is 14.4 Å². The first-order valence-electron chi connectivity index (χ1n) is 33.2. The maximum Gasteiger partial charge on any atom is 0.306 e. The van der Waals surface area contributed by atoms with E-state index in [4.69, 9.17) is 14.2 Å². The molecular weight excluding hydrogens is 985 g/mol. The molecule has 0 aromatic heterocycles. The number of hydrogen-bond acceptors (Lipinski definition) is 6. The van der Waals surface area contributed by atoms with Crippen LogP contribution in [0.4, 0.5) is 0 Å². The van der Waals surface area contributed by atoms with Crippen molar-refractivity contribution < 1.29 is 28.6 Å². The van der Waals surface area contributed by atoms with E-state index in [1.165, 1.54) is 128 Å². The van der Waals surface area contributed by atoms with Gasteiger partial charge in [-0.3, -0.25) is 14.4 Å². The molecule has 0 bridgehead atoms. The van der Waals surface area contributed by atoms with Crippen LogP contribution in [0.15, 0.2) is 134 Å². The largest absolute Gasteiger partial charge is 0.462 e. The summed E-state index contributed by atoms with van der Waals surface area (Å²) in [5.74, 6) is -1.00. The molecule has 0 aromatic carbocycles. The Hall–Kier alpha value is -4.45. The molecule has 1 unspecified atom stereocenters. The minimum absolute atomic E-state index is 0.111. The normalized spacial score (nSPS) is 13.0. The molecule has 0 saturated carbocycles. The second kappa shape index (κ2) is 67.1. The molecule has 0 rings (SSSR count). The average molecular weight is 1110 g/mol. The predicted molar refractivity (Wildman–Crippen MR) is 348 cm³/mol. The molecule has 1 atom stereocenters. The average Bonchev–Trinajstić information content (AvgIpc) is 3.46. The van der Waals surface area contributed by atoms with Crippen LogP contribution in [0.5, 0.6) is 0 Å². The van der Waals surface area contributed by atoms with Gasteiger partial charge in [0.2, 0.25) is 0 Å². The Morgan fingerprint density at radius 3 is 0.825 bits per heavy atom.